The van der Waals surface area contributed by atoms with Gasteiger partial charge in [0.15, 0.2) is 5.82 Å². The summed E-state index contributed by atoms with van der Waals surface area (Å²) in [5.41, 5.74) is 2.97. The number of rotatable bonds is 6. The molecule has 2 heterocycles. The molecule has 2 aromatic heterocycles. The van der Waals surface area contributed by atoms with Crippen LogP contribution in [-0.2, 0) is 17.9 Å². The molecule has 0 unspecified atom stereocenters. The van der Waals surface area contributed by atoms with Crippen molar-refractivity contribution in [3.8, 4) is 22.8 Å². The molecule has 0 atom stereocenters. The van der Waals surface area contributed by atoms with Crippen LogP contribution >= 0.6 is 0 Å². The van der Waals surface area contributed by atoms with E-state index in [4.69, 9.17) is 15.0 Å². The molecule has 0 saturated carbocycles. The van der Waals surface area contributed by atoms with Crippen molar-refractivity contribution in [2.45, 2.75) is 72.1 Å². The smallest absolute Gasteiger partial charge is 0.163 e. The molecule has 0 aliphatic heterocycles. The van der Waals surface area contributed by atoms with Gasteiger partial charge in [0.1, 0.15) is 17.5 Å². The molecule has 0 amide bonds. The molecule has 5 nitrogen and oxygen atoms in total. The van der Waals surface area contributed by atoms with Crippen molar-refractivity contribution < 1.29 is 0 Å². The Bertz CT molecular complexity index is 980. The molecule has 0 aliphatic rings. The standard InChI is InChI=1S/C24H33N5/c1-9-23(4,5)21-26-19(27-22(28-21)24(6,7)10-2)17-12-11-13-18(14-17)20-25-15-16(3)29(20)8/h11-15H,9-10H2,1-8H3. The van der Waals surface area contributed by atoms with Crippen LogP contribution in [0, 0.1) is 6.92 Å². The molecule has 154 valence electrons. The summed E-state index contributed by atoms with van der Waals surface area (Å²) in [6.45, 7) is 15.2. The van der Waals surface area contributed by atoms with E-state index in [1.165, 1.54) is 0 Å². The van der Waals surface area contributed by atoms with Crippen molar-refractivity contribution in [2.24, 2.45) is 7.05 Å². The van der Waals surface area contributed by atoms with Gasteiger partial charge in [0.2, 0.25) is 0 Å². The van der Waals surface area contributed by atoms with Gasteiger partial charge in [-0.05, 0) is 25.8 Å². The lowest BCUT2D eigenvalue weighted by molar-refractivity contribution is 0.434. The highest BCUT2D eigenvalue weighted by Crippen LogP contribution is 2.31. The van der Waals surface area contributed by atoms with E-state index >= 15 is 0 Å². The molecule has 3 aromatic rings. The molecule has 0 spiro atoms. The minimum absolute atomic E-state index is 0.106. The highest BCUT2D eigenvalue weighted by Gasteiger charge is 2.28. The van der Waals surface area contributed by atoms with Gasteiger partial charge in [-0.1, -0.05) is 59.7 Å². The van der Waals surface area contributed by atoms with Crippen molar-refractivity contribution in [3.63, 3.8) is 0 Å². The fourth-order valence-corrected chi connectivity index (χ4v) is 2.99. The van der Waals surface area contributed by atoms with Gasteiger partial charge in [-0.25, -0.2) is 19.9 Å². The predicted octanol–water partition coefficient (Wildman–Crippen LogP) is 5.62. The quantitative estimate of drug-likeness (QED) is 0.547. The second kappa shape index (κ2) is 7.69. The third-order valence-corrected chi connectivity index (χ3v) is 6.21. The van der Waals surface area contributed by atoms with Crippen LogP contribution in [0.1, 0.15) is 71.7 Å². The molecular formula is C24H33N5. The van der Waals surface area contributed by atoms with E-state index in [1.807, 2.05) is 19.3 Å². The number of benzene rings is 1. The monoisotopic (exact) mass is 391 g/mol. The summed E-state index contributed by atoms with van der Waals surface area (Å²) >= 11 is 0. The van der Waals surface area contributed by atoms with Gasteiger partial charge in [0, 0.05) is 40.9 Å². The van der Waals surface area contributed by atoms with Gasteiger partial charge in [0.05, 0.1) is 0 Å². The van der Waals surface area contributed by atoms with Crippen LogP contribution in [0.5, 0.6) is 0 Å². The Morgan fingerprint density at radius 1 is 0.862 bits per heavy atom. The summed E-state index contributed by atoms with van der Waals surface area (Å²) in [4.78, 5) is 19.3. The average molecular weight is 392 g/mol. The largest absolute Gasteiger partial charge is 0.331 e. The van der Waals surface area contributed by atoms with E-state index in [9.17, 15) is 0 Å². The van der Waals surface area contributed by atoms with E-state index in [0.29, 0.717) is 0 Å². The van der Waals surface area contributed by atoms with E-state index in [2.05, 4.69) is 76.2 Å². The first-order valence-corrected chi connectivity index (χ1v) is 10.4. The summed E-state index contributed by atoms with van der Waals surface area (Å²) in [6, 6.07) is 8.33. The number of hydrogen-bond acceptors (Lipinski definition) is 4. The highest BCUT2D eigenvalue weighted by molar-refractivity contribution is 5.66. The Balaban J connectivity index is 2.18. The lowest BCUT2D eigenvalue weighted by Crippen LogP contribution is -2.26. The second-order valence-electron chi connectivity index (χ2n) is 9.14. The first-order valence-electron chi connectivity index (χ1n) is 10.4. The molecule has 0 N–H and O–H groups in total. The molecule has 0 aliphatic carbocycles. The molecule has 1 aromatic carbocycles. The van der Waals surface area contributed by atoms with Gasteiger partial charge in [-0.3, -0.25) is 0 Å². The maximum atomic E-state index is 4.91. The molecule has 0 bridgehead atoms. The van der Waals surface area contributed by atoms with Crippen LogP contribution in [0.3, 0.4) is 0 Å². The number of aromatic nitrogens is 5. The van der Waals surface area contributed by atoms with Crippen LogP contribution in [-0.4, -0.2) is 24.5 Å². The Labute approximate surface area is 174 Å². The number of nitrogens with zero attached hydrogens (tertiary/aromatic N) is 5. The fraction of sp³-hybridized carbons (Fsp3) is 0.500. The van der Waals surface area contributed by atoms with Crippen LogP contribution in [0.4, 0.5) is 0 Å². The lowest BCUT2D eigenvalue weighted by Gasteiger charge is -2.26. The zero-order valence-corrected chi connectivity index (χ0v) is 19.0. The Morgan fingerprint density at radius 3 is 1.90 bits per heavy atom. The molecule has 0 radical (unpaired) electrons. The lowest BCUT2D eigenvalue weighted by atomic mass is 9.87. The van der Waals surface area contributed by atoms with Gasteiger partial charge < -0.3 is 4.57 Å². The van der Waals surface area contributed by atoms with Crippen LogP contribution in [0.25, 0.3) is 22.8 Å². The van der Waals surface area contributed by atoms with Crippen molar-refractivity contribution in [2.75, 3.05) is 0 Å². The predicted molar refractivity (Wildman–Crippen MR) is 119 cm³/mol. The maximum Gasteiger partial charge on any atom is 0.163 e. The van der Waals surface area contributed by atoms with Gasteiger partial charge in [0.25, 0.3) is 0 Å². The number of aryl methyl sites for hydroxylation is 1. The molecule has 29 heavy (non-hydrogen) atoms. The zero-order chi connectivity index (χ0) is 21.4. The Morgan fingerprint density at radius 2 is 1.41 bits per heavy atom. The number of imidazole rings is 1. The minimum atomic E-state index is -0.106. The van der Waals surface area contributed by atoms with Crippen molar-refractivity contribution in [1.29, 1.82) is 0 Å². The van der Waals surface area contributed by atoms with Crippen molar-refractivity contribution in [3.05, 3.63) is 47.8 Å². The fourth-order valence-electron chi connectivity index (χ4n) is 2.99. The van der Waals surface area contributed by atoms with Gasteiger partial charge >= 0.3 is 0 Å². The summed E-state index contributed by atoms with van der Waals surface area (Å²) in [5.74, 6) is 3.40. The normalized spacial score (nSPS) is 12.4. The summed E-state index contributed by atoms with van der Waals surface area (Å²) in [7, 11) is 2.04. The minimum Gasteiger partial charge on any atom is -0.331 e. The SMILES string of the molecule is CCC(C)(C)c1nc(-c2cccc(-c3ncc(C)n3C)c2)nc(C(C)(C)CC)n1. The highest BCUT2D eigenvalue weighted by atomic mass is 15.1. The second-order valence-corrected chi connectivity index (χ2v) is 9.14. The topological polar surface area (TPSA) is 56.5 Å². The summed E-state index contributed by atoms with van der Waals surface area (Å²) < 4.78 is 2.10. The van der Waals surface area contributed by atoms with Gasteiger partial charge in [-0.15, -0.1) is 0 Å². The Kier molecular flexibility index (Phi) is 5.61. The summed E-state index contributed by atoms with van der Waals surface area (Å²) in [5, 5.41) is 0. The first kappa shape index (κ1) is 21.2. The molecule has 3 rings (SSSR count). The van der Waals surface area contributed by atoms with E-state index in [-0.39, 0.29) is 10.8 Å². The van der Waals surface area contributed by atoms with Crippen LogP contribution < -0.4 is 0 Å². The average Bonchev–Trinajstić information content (AvgIpc) is 3.06. The Hall–Kier alpha value is -2.56. The maximum absolute atomic E-state index is 4.91. The summed E-state index contributed by atoms with van der Waals surface area (Å²) in [6.07, 6.45) is 3.83. The van der Waals surface area contributed by atoms with Crippen LogP contribution in [0.2, 0.25) is 0 Å². The van der Waals surface area contributed by atoms with E-state index < -0.39 is 0 Å². The molecule has 5 heteroatoms. The molecular weight excluding hydrogens is 358 g/mol. The van der Waals surface area contributed by atoms with Crippen molar-refractivity contribution >= 4 is 0 Å². The third-order valence-electron chi connectivity index (χ3n) is 6.21. The van der Waals surface area contributed by atoms with Crippen LogP contribution in [0.15, 0.2) is 30.5 Å². The molecule has 0 saturated heterocycles. The first-order chi connectivity index (χ1) is 13.6. The van der Waals surface area contributed by atoms with E-state index in [1.54, 1.807) is 0 Å². The van der Waals surface area contributed by atoms with Gasteiger partial charge in [-0.2, -0.15) is 0 Å². The van der Waals surface area contributed by atoms with Crippen molar-refractivity contribution in [1.82, 2.24) is 24.5 Å². The number of hydrogen-bond donors (Lipinski definition) is 0. The third kappa shape index (κ3) is 4.09. The molecule has 0 fully saturated rings. The zero-order valence-electron chi connectivity index (χ0n) is 19.0. The van der Waals surface area contributed by atoms with E-state index in [0.717, 1.165) is 53.0 Å².